The van der Waals surface area contributed by atoms with Crippen molar-refractivity contribution in [2.24, 2.45) is 0 Å². The molecule has 3 aromatic rings. The highest BCUT2D eigenvalue weighted by atomic mass is 32.2. The van der Waals surface area contributed by atoms with Gasteiger partial charge in [0.25, 0.3) is 0 Å². The maximum Gasteiger partial charge on any atom is 0.238 e. The molecule has 8 heteroatoms. The van der Waals surface area contributed by atoms with E-state index < -0.39 is 0 Å². The van der Waals surface area contributed by atoms with Crippen LogP contribution >= 0.6 is 11.8 Å². The van der Waals surface area contributed by atoms with Crippen LogP contribution in [0.2, 0.25) is 0 Å². The van der Waals surface area contributed by atoms with Crippen LogP contribution in [0.1, 0.15) is 16.7 Å². The summed E-state index contributed by atoms with van der Waals surface area (Å²) in [6, 6.07) is 14.1. The predicted molar refractivity (Wildman–Crippen MR) is 137 cm³/mol. The second kappa shape index (κ2) is 10.9. The molecule has 1 saturated heterocycles. The van der Waals surface area contributed by atoms with Gasteiger partial charge in [-0.2, -0.15) is 0 Å². The average molecular weight is 478 g/mol. The van der Waals surface area contributed by atoms with Crippen molar-refractivity contribution in [2.45, 2.75) is 25.9 Å². The van der Waals surface area contributed by atoms with Crippen LogP contribution in [-0.4, -0.2) is 69.6 Å². The van der Waals surface area contributed by atoms with Gasteiger partial charge < -0.3 is 10.2 Å². The maximum absolute atomic E-state index is 12.8. The fraction of sp³-hybridized carbons (Fsp3) is 0.346. The molecular formula is C26H31N5O2S. The summed E-state index contributed by atoms with van der Waals surface area (Å²) in [6.07, 6.45) is 3.69. The highest BCUT2D eigenvalue weighted by Gasteiger charge is 2.23. The minimum absolute atomic E-state index is 0.0178. The van der Waals surface area contributed by atoms with Gasteiger partial charge in [-0.1, -0.05) is 48.2 Å². The fourth-order valence-corrected chi connectivity index (χ4v) is 5.05. The number of thioether (sulfide) groups is 1. The molecule has 1 aromatic heterocycles. The van der Waals surface area contributed by atoms with Crippen LogP contribution in [0.3, 0.4) is 0 Å². The summed E-state index contributed by atoms with van der Waals surface area (Å²) in [5.41, 5.74) is 5.24. The highest BCUT2D eigenvalue weighted by Crippen LogP contribution is 2.23. The molecule has 1 aliphatic heterocycles. The van der Waals surface area contributed by atoms with E-state index >= 15 is 0 Å². The zero-order chi connectivity index (χ0) is 24.1. The summed E-state index contributed by atoms with van der Waals surface area (Å²) in [5.74, 6) is 0.426. The Labute approximate surface area is 205 Å². The van der Waals surface area contributed by atoms with Gasteiger partial charge in [0.15, 0.2) is 5.16 Å². The number of aromatic nitrogens is 2. The van der Waals surface area contributed by atoms with Gasteiger partial charge in [-0.15, -0.1) is 0 Å². The zero-order valence-electron chi connectivity index (χ0n) is 20.0. The number of benzene rings is 2. The van der Waals surface area contributed by atoms with Gasteiger partial charge in [0.2, 0.25) is 11.8 Å². The first kappa shape index (κ1) is 24.0. The Balaban J connectivity index is 1.25. The summed E-state index contributed by atoms with van der Waals surface area (Å²) in [4.78, 5) is 33.8. The summed E-state index contributed by atoms with van der Waals surface area (Å²) < 4.78 is 2.03. The molecule has 7 nitrogen and oxygen atoms in total. The molecule has 0 aliphatic carbocycles. The van der Waals surface area contributed by atoms with E-state index in [4.69, 9.17) is 0 Å². The molecule has 0 atom stereocenters. The van der Waals surface area contributed by atoms with E-state index in [-0.39, 0.29) is 11.8 Å². The number of nitrogens with one attached hydrogen (secondary N) is 1. The molecule has 2 aromatic carbocycles. The molecule has 0 unspecified atom stereocenters. The third kappa shape index (κ3) is 5.69. The largest absolute Gasteiger partial charge is 0.339 e. The number of imidazole rings is 1. The zero-order valence-corrected chi connectivity index (χ0v) is 20.8. The molecular weight excluding hydrogens is 446 g/mol. The number of carbonyl (C=O) groups is 2. The lowest BCUT2D eigenvalue weighted by Gasteiger charge is -2.34. The smallest absolute Gasteiger partial charge is 0.238 e. The molecule has 2 heterocycles. The van der Waals surface area contributed by atoms with Crippen molar-refractivity contribution in [2.75, 3.05) is 43.8 Å². The Hall–Kier alpha value is -3.10. The van der Waals surface area contributed by atoms with Gasteiger partial charge in [0.05, 0.1) is 18.0 Å². The second-order valence-electron chi connectivity index (χ2n) is 8.63. The Morgan fingerprint density at radius 2 is 1.62 bits per heavy atom. The lowest BCUT2D eigenvalue weighted by Crippen LogP contribution is -2.51. The van der Waals surface area contributed by atoms with Crippen LogP contribution in [0, 0.1) is 20.8 Å². The first-order valence-corrected chi connectivity index (χ1v) is 12.5. The number of anilines is 1. The van der Waals surface area contributed by atoms with Crippen LogP contribution < -0.4 is 5.32 Å². The van der Waals surface area contributed by atoms with E-state index in [1.165, 1.54) is 11.8 Å². The first-order valence-electron chi connectivity index (χ1n) is 11.5. The Bertz CT molecular complexity index is 1150. The predicted octanol–water partition coefficient (Wildman–Crippen LogP) is 3.67. The first-order chi connectivity index (χ1) is 16.4. The average Bonchev–Trinajstić information content (AvgIpc) is 3.29. The van der Waals surface area contributed by atoms with E-state index in [0.717, 1.165) is 33.2 Å². The van der Waals surface area contributed by atoms with Gasteiger partial charge in [-0.05, 0) is 43.5 Å². The van der Waals surface area contributed by atoms with E-state index in [1.54, 1.807) is 6.20 Å². The van der Waals surface area contributed by atoms with Crippen molar-refractivity contribution in [1.29, 1.82) is 0 Å². The Morgan fingerprint density at radius 1 is 0.941 bits per heavy atom. The molecule has 0 radical (unpaired) electrons. The van der Waals surface area contributed by atoms with Crippen LogP contribution in [-0.2, 0) is 9.59 Å². The monoisotopic (exact) mass is 477 g/mol. The lowest BCUT2D eigenvalue weighted by molar-refractivity contribution is -0.130. The number of nitrogens with zero attached hydrogens (tertiary/aromatic N) is 4. The number of rotatable bonds is 7. The minimum Gasteiger partial charge on any atom is -0.339 e. The molecule has 34 heavy (non-hydrogen) atoms. The lowest BCUT2D eigenvalue weighted by atomic mass is 10.1. The van der Waals surface area contributed by atoms with Crippen LogP contribution in [0.25, 0.3) is 5.69 Å². The van der Waals surface area contributed by atoms with E-state index in [1.807, 2.05) is 59.8 Å². The molecule has 0 saturated carbocycles. The van der Waals surface area contributed by atoms with Crippen molar-refractivity contribution < 1.29 is 9.59 Å². The third-order valence-corrected chi connectivity index (χ3v) is 7.10. The van der Waals surface area contributed by atoms with Crippen LogP contribution in [0.5, 0.6) is 0 Å². The molecule has 0 bridgehead atoms. The van der Waals surface area contributed by atoms with Gasteiger partial charge in [0.1, 0.15) is 0 Å². The van der Waals surface area contributed by atoms with Gasteiger partial charge in [0, 0.05) is 44.3 Å². The van der Waals surface area contributed by atoms with E-state index in [2.05, 4.69) is 34.3 Å². The quantitative estimate of drug-likeness (QED) is 0.526. The van der Waals surface area contributed by atoms with Gasteiger partial charge >= 0.3 is 0 Å². The summed E-state index contributed by atoms with van der Waals surface area (Å²) in [7, 11) is 0. The minimum atomic E-state index is -0.0178. The van der Waals surface area contributed by atoms with Gasteiger partial charge in [-0.3, -0.25) is 19.1 Å². The summed E-state index contributed by atoms with van der Waals surface area (Å²) in [5, 5.41) is 3.85. The second-order valence-corrected chi connectivity index (χ2v) is 9.57. The number of hydrogen-bond acceptors (Lipinski definition) is 5. The Morgan fingerprint density at radius 3 is 2.32 bits per heavy atom. The summed E-state index contributed by atoms with van der Waals surface area (Å²) >= 11 is 1.46. The normalized spacial score (nSPS) is 14.3. The number of carbonyl (C=O) groups excluding carboxylic acids is 2. The van der Waals surface area contributed by atoms with Crippen molar-refractivity contribution >= 4 is 29.3 Å². The molecule has 1 aliphatic rings. The molecule has 0 spiro atoms. The standard InChI is InChI=1S/C26H31N5O2S/c1-19-7-4-5-10-22(19)31-12-11-27-26(31)34-18-24(33)30-15-13-29(14-16-30)17-23(32)28-25-20(2)8-6-9-21(25)3/h4-12H,13-18H2,1-3H3,(H,28,32). The number of aryl methyl sites for hydroxylation is 3. The number of hydrogen-bond donors (Lipinski definition) is 1. The maximum atomic E-state index is 12.8. The molecule has 4 rings (SSSR count). The van der Waals surface area contributed by atoms with Crippen LogP contribution in [0.4, 0.5) is 5.69 Å². The van der Waals surface area contributed by atoms with E-state index in [9.17, 15) is 9.59 Å². The molecule has 178 valence electrons. The topological polar surface area (TPSA) is 70.5 Å². The van der Waals surface area contributed by atoms with Crippen LogP contribution in [0.15, 0.2) is 60.0 Å². The third-order valence-electron chi connectivity index (χ3n) is 6.14. The molecule has 2 amide bonds. The van der Waals surface area contributed by atoms with Crippen molar-refractivity contribution in [3.63, 3.8) is 0 Å². The SMILES string of the molecule is Cc1ccccc1-n1ccnc1SCC(=O)N1CCN(CC(=O)Nc2c(C)cccc2C)CC1. The molecule has 1 fully saturated rings. The van der Waals surface area contributed by atoms with Crippen molar-refractivity contribution in [3.05, 3.63) is 71.5 Å². The molecule has 1 N–H and O–H groups in total. The van der Waals surface area contributed by atoms with Crippen molar-refractivity contribution in [3.8, 4) is 5.69 Å². The highest BCUT2D eigenvalue weighted by molar-refractivity contribution is 7.99. The van der Waals surface area contributed by atoms with Crippen molar-refractivity contribution in [1.82, 2.24) is 19.4 Å². The fourth-order valence-electron chi connectivity index (χ4n) is 4.18. The summed E-state index contributed by atoms with van der Waals surface area (Å²) in [6.45, 7) is 9.03. The number of amides is 2. The number of para-hydroxylation sites is 2. The van der Waals surface area contributed by atoms with E-state index in [0.29, 0.717) is 38.5 Å². The van der Waals surface area contributed by atoms with Gasteiger partial charge in [-0.25, -0.2) is 4.98 Å². The Kier molecular flexibility index (Phi) is 7.70. The number of piperazine rings is 1.